The number of rotatable bonds is 2. The molecule has 1 aliphatic heterocycles. The molecule has 0 aromatic heterocycles. The number of hydrogen-bond acceptors (Lipinski definition) is 2. The lowest BCUT2D eigenvalue weighted by molar-refractivity contribution is -0.128. The smallest absolute Gasteiger partial charge is 0.225 e. The van der Waals surface area contributed by atoms with Crippen LogP contribution in [-0.2, 0) is 11.2 Å². The molecule has 0 spiro atoms. The summed E-state index contributed by atoms with van der Waals surface area (Å²) in [6, 6.07) is 8.70. The fraction of sp³-hybridized carbons (Fsp3) is 0.533. The molecule has 0 saturated carbocycles. The van der Waals surface area contributed by atoms with Gasteiger partial charge in [0.2, 0.25) is 5.91 Å². The van der Waals surface area contributed by atoms with Crippen molar-refractivity contribution in [2.45, 2.75) is 33.2 Å². The first kappa shape index (κ1) is 13.1. The highest BCUT2D eigenvalue weighted by molar-refractivity contribution is 5.81. The largest absolute Gasteiger partial charge is 0.354 e. The molecule has 18 heavy (non-hydrogen) atoms. The normalized spacial score (nSPS) is 19.2. The van der Waals surface area contributed by atoms with E-state index in [4.69, 9.17) is 0 Å². The second-order valence-electron chi connectivity index (χ2n) is 5.92. The highest BCUT2D eigenvalue weighted by Gasteiger charge is 2.24. The minimum Gasteiger partial charge on any atom is -0.354 e. The molecule has 1 atom stereocenters. The van der Waals surface area contributed by atoms with Crippen molar-refractivity contribution in [2.75, 3.05) is 13.1 Å². The van der Waals surface area contributed by atoms with Gasteiger partial charge >= 0.3 is 0 Å². The molecule has 0 aliphatic carbocycles. The maximum absolute atomic E-state index is 11.9. The Hall–Kier alpha value is -1.35. The summed E-state index contributed by atoms with van der Waals surface area (Å²) in [6.07, 6.45) is 1.07. The maximum Gasteiger partial charge on any atom is 0.225 e. The Bertz CT molecular complexity index is 434. The van der Waals surface area contributed by atoms with Crippen molar-refractivity contribution in [3.63, 3.8) is 0 Å². The molecule has 0 saturated heterocycles. The van der Waals surface area contributed by atoms with Crippen molar-refractivity contribution in [2.24, 2.45) is 5.41 Å². The molecule has 3 heteroatoms. The third-order valence-corrected chi connectivity index (χ3v) is 3.36. The number of carbonyl (C=O) groups is 1. The number of nitrogens with one attached hydrogen (secondary N) is 2. The molecular formula is C15H22N2O. The summed E-state index contributed by atoms with van der Waals surface area (Å²) in [5.74, 6) is 0.104. The zero-order valence-corrected chi connectivity index (χ0v) is 11.4. The van der Waals surface area contributed by atoms with Gasteiger partial charge in [-0.15, -0.1) is 0 Å². The second kappa shape index (κ2) is 5.11. The van der Waals surface area contributed by atoms with Crippen LogP contribution in [-0.4, -0.2) is 19.0 Å². The van der Waals surface area contributed by atoms with Crippen LogP contribution in [0, 0.1) is 5.41 Å². The van der Waals surface area contributed by atoms with Crippen molar-refractivity contribution in [1.82, 2.24) is 10.6 Å². The average molecular weight is 246 g/mol. The van der Waals surface area contributed by atoms with Crippen molar-refractivity contribution >= 4 is 5.91 Å². The van der Waals surface area contributed by atoms with Crippen LogP contribution in [0.15, 0.2) is 24.3 Å². The Kier molecular flexibility index (Phi) is 3.71. The number of benzene rings is 1. The first-order valence-electron chi connectivity index (χ1n) is 6.58. The van der Waals surface area contributed by atoms with E-state index in [1.54, 1.807) is 0 Å². The fourth-order valence-electron chi connectivity index (χ4n) is 2.23. The molecule has 1 amide bonds. The van der Waals surface area contributed by atoms with Crippen LogP contribution in [0.5, 0.6) is 0 Å². The summed E-state index contributed by atoms with van der Waals surface area (Å²) in [5.41, 5.74) is 2.39. The summed E-state index contributed by atoms with van der Waals surface area (Å²) >= 11 is 0. The summed E-state index contributed by atoms with van der Waals surface area (Å²) in [7, 11) is 0. The molecule has 1 unspecified atom stereocenters. The highest BCUT2D eigenvalue weighted by Crippen LogP contribution is 2.22. The molecule has 1 heterocycles. The van der Waals surface area contributed by atoms with Gasteiger partial charge < -0.3 is 10.6 Å². The van der Waals surface area contributed by atoms with Gasteiger partial charge in [0.1, 0.15) is 0 Å². The lowest BCUT2D eigenvalue weighted by Gasteiger charge is -2.28. The van der Waals surface area contributed by atoms with E-state index in [1.165, 1.54) is 11.1 Å². The van der Waals surface area contributed by atoms with Crippen molar-refractivity contribution in [1.29, 1.82) is 0 Å². The summed E-state index contributed by atoms with van der Waals surface area (Å²) in [6.45, 7) is 7.44. The Morgan fingerprint density at radius 3 is 2.83 bits per heavy atom. The van der Waals surface area contributed by atoms with Crippen molar-refractivity contribution < 1.29 is 4.79 Å². The van der Waals surface area contributed by atoms with Gasteiger partial charge in [0, 0.05) is 18.0 Å². The van der Waals surface area contributed by atoms with Crippen LogP contribution >= 0.6 is 0 Å². The van der Waals surface area contributed by atoms with Crippen LogP contribution in [0.25, 0.3) is 0 Å². The topological polar surface area (TPSA) is 41.1 Å². The van der Waals surface area contributed by atoms with Crippen LogP contribution in [0.2, 0.25) is 0 Å². The van der Waals surface area contributed by atoms with Crippen LogP contribution < -0.4 is 10.6 Å². The molecule has 3 nitrogen and oxygen atoms in total. The summed E-state index contributed by atoms with van der Waals surface area (Å²) in [4.78, 5) is 11.9. The molecule has 98 valence electrons. The van der Waals surface area contributed by atoms with Gasteiger partial charge in [-0.3, -0.25) is 4.79 Å². The molecule has 2 N–H and O–H groups in total. The molecule has 0 bridgehead atoms. The van der Waals surface area contributed by atoms with Crippen molar-refractivity contribution in [3.05, 3.63) is 35.4 Å². The van der Waals surface area contributed by atoms with Gasteiger partial charge in [0.05, 0.1) is 0 Å². The lowest BCUT2D eigenvalue weighted by Crippen LogP contribution is -2.42. The molecule has 2 rings (SSSR count). The molecule has 1 aromatic rings. The zero-order valence-electron chi connectivity index (χ0n) is 11.4. The van der Waals surface area contributed by atoms with E-state index in [1.807, 2.05) is 20.8 Å². The number of fused-ring (bicyclic) bond motifs is 1. The third-order valence-electron chi connectivity index (χ3n) is 3.36. The highest BCUT2D eigenvalue weighted by atomic mass is 16.2. The van der Waals surface area contributed by atoms with E-state index < -0.39 is 0 Å². The minimum absolute atomic E-state index is 0.104. The van der Waals surface area contributed by atoms with E-state index >= 15 is 0 Å². The molecule has 1 aliphatic rings. The van der Waals surface area contributed by atoms with Crippen LogP contribution in [0.1, 0.15) is 37.9 Å². The van der Waals surface area contributed by atoms with Gasteiger partial charge in [-0.2, -0.15) is 0 Å². The summed E-state index contributed by atoms with van der Waals surface area (Å²) in [5, 5.41) is 6.50. The van der Waals surface area contributed by atoms with E-state index in [-0.39, 0.29) is 17.4 Å². The van der Waals surface area contributed by atoms with E-state index in [2.05, 4.69) is 34.9 Å². The van der Waals surface area contributed by atoms with Gasteiger partial charge in [-0.25, -0.2) is 0 Å². The lowest BCUT2D eigenvalue weighted by atomic mass is 9.93. The predicted octanol–water partition coefficient (Wildman–Crippen LogP) is 2.04. The molecule has 0 radical (unpaired) electrons. The maximum atomic E-state index is 11.9. The average Bonchev–Trinajstić information content (AvgIpc) is 2.34. The molecular weight excluding hydrogens is 224 g/mol. The van der Waals surface area contributed by atoms with E-state index in [0.29, 0.717) is 6.54 Å². The first-order chi connectivity index (χ1) is 8.48. The molecule has 0 fully saturated rings. The zero-order chi connectivity index (χ0) is 13.2. The standard InChI is InChI=1S/C15H22N2O/c1-15(2,3)14(18)17-10-13-12-7-5-4-6-11(12)8-9-16-13/h4-7,13,16H,8-10H2,1-3H3,(H,17,18). The van der Waals surface area contributed by atoms with Gasteiger partial charge in [-0.05, 0) is 24.1 Å². The van der Waals surface area contributed by atoms with E-state index in [0.717, 1.165) is 13.0 Å². The van der Waals surface area contributed by atoms with Gasteiger partial charge in [0.15, 0.2) is 0 Å². The third kappa shape index (κ3) is 2.91. The number of hydrogen-bond donors (Lipinski definition) is 2. The first-order valence-corrected chi connectivity index (χ1v) is 6.58. The van der Waals surface area contributed by atoms with Crippen LogP contribution in [0.3, 0.4) is 0 Å². The quantitative estimate of drug-likeness (QED) is 0.838. The number of carbonyl (C=O) groups excluding carboxylic acids is 1. The SMILES string of the molecule is CC(C)(C)C(=O)NCC1NCCc2ccccc21. The second-order valence-corrected chi connectivity index (χ2v) is 5.92. The summed E-state index contributed by atoms with van der Waals surface area (Å²) < 4.78 is 0. The predicted molar refractivity (Wildman–Crippen MR) is 73.4 cm³/mol. The Morgan fingerprint density at radius 1 is 1.39 bits per heavy atom. The minimum atomic E-state index is -0.325. The number of amides is 1. The van der Waals surface area contributed by atoms with E-state index in [9.17, 15) is 4.79 Å². The fourth-order valence-corrected chi connectivity index (χ4v) is 2.23. The van der Waals surface area contributed by atoms with Crippen molar-refractivity contribution in [3.8, 4) is 0 Å². The monoisotopic (exact) mass is 246 g/mol. The van der Waals surface area contributed by atoms with Gasteiger partial charge in [-0.1, -0.05) is 45.0 Å². The Labute approximate surface area is 109 Å². The Balaban J connectivity index is 2.02. The molecule has 1 aromatic carbocycles. The van der Waals surface area contributed by atoms with Gasteiger partial charge in [0.25, 0.3) is 0 Å². The Morgan fingerprint density at radius 2 is 2.11 bits per heavy atom. The van der Waals surface area contributed by atoms with Crippen LogP contribution in [0.4, 0.5) is 0 Å².